The number of rotatable bonds is 23. The molecule has 1 aliphatic heterocycles. The molecule has 0 saturated heterocycles. The number of aromatic amines is 1. The SMILES string of the molecule is CCC(C)C(N=c1[nH]cccc1-c1ccc(C(=O)NC2CC2c2ccc(-c3ccc(C(=O)N(C)[n+]4c(Nc5ccc6c(c5)CN(C5CC5)C6=O)nc5c(-c6ccc(OC)cc6)cccn54)cc3)c3nc(Nc4cnn(Cc5ccccc5)c4)nn23)cc1)Nc1cnn(Cc2ccccc2)c1. The molecule has 100 heavy (non-hydrogen) atoms. The van der Waals surface area contributed by atoms with Crippen molar-refractivity contribution < 1.29 is 23.9 Å². The maximum Gasteiger partial charge on any atom is 0.440 e. The summed E-state index contributed by atoms with van der Waals surface area (Å²) in [6, 6.07) is 61.2. The van der Waals surface area contributed by atoms with Crippen molar-refractivity contribution in [2.75, 3.05) is 35.1 Å². The lowest BCUT2D eigenvalue weighted by atomic mass is 10.0. The fraction of sp³-hybridized carbons (Fsp3) is 0.205. The summed E-state index contributed by atoms with van der Waals surface area (Å²) in [4.78, 5) is 65.2. The van der Waals surface area contributed by atoms with Gasteiger partial charge in [-0.2, -0.15) is 24.7 Å². The molecule has 0 radical (unpaired) electrons. The summed E-state index contributed by atoms with van der Waals surface area (Å²) in [5, 5.41) is 29.8. The van der Waals surface area contributed by atoms with Gasteiger partial charge in [-0.25, -0.2) is 14.8 Å². The van der Waals surface area contributed by atoms with E-state index >= 15 is 4.79 Å². The van der Waals surface area contributed by atoms with E-state index in [0.717, 1.165) is 97.8 Å². The minimum atomic E-state index is -0.300. The van der Waals surface area contributed by atoms with Crippen LogP contribution in [0.3, 0.4) is 0 Å². The molecule has 0 bridgehead atoms. The van der Waals surface area contributed by atoms with E-state index in [2.05, 4.69) is 80.6 Å². The van der Waals surface area contributed by atoms with Crippen LogP contribution in [0.25, 0.3) is 44.7 Å². The Balaban J connectivity index is 0.657. The Kier molecular flexibility index (Phi) is 16.5. The van der Waals surface area contributed by atoms with Crippen LogP contribution in [0.1, 0.15) is 98.9 Å². The molecule has 6 aromatic carbocycles. The van der Waals surface area contributed by atoms with Crippen LogP contribution in [0.4, 0.5) is 29.0 Å². The third-order valence-electron chi connectivity index (χ3n) is 19.1. The number of anilines is 5. The lowest BCUT2D eigenvalue weighted by Crippen LogP contribution is -2.62. The summed E-state index contributed by atoms with van der Waals surface area (Å²) in [5.74, 6) is 1.20. The number of H-pyrrole nitrogens is 1. The Morgan fingerprint density at radius 1 is 0.700 bits per heavy atom. The largest absolute Gasteiger partial charge is 0.497 e. The first kappa shape index (κ1) is 62.4. The molecule has 5 N–H and O–H groups in total. The average molecular weight is 1330 g/mol. The average Bonchev–Trinajstić information content (AvgIpc) is 1.63. The molecule has 22 nitrogen and oxygen atoms in total. The van der Waals surface area contributed by atoms with E-state index in [1.807, 2.05) is 212 Å². The van der Waals surface area contributed by atoms with E-state index in [1.165, 1.54) is 10.6 Å². The number of methoxy groups -OCH3 is 1. The smallest absolute Gasteiger partial charge is 0.440 e. The van der Waals surface area contributed by atoms with Crippen LogP contribution in [-0.4, -0.2) is 104 Å². The Labute approximate surface area is 576 Å². The first-order valence-corrected chi connectivity index (χ1v) is 33.8. The minimum Gasteiger partial charge on any atom is -0.497 e. The van der Waals surface area contributed by atoms with Crippen molar-refractivity contribution in [2.45, 2.75) is 83.3 Å². The summed E-state index contributed by atoms with van der Waals surface area (Å²) in [7, 11) is 3.36. The number of amides is 3. The molecule has 2 fully saturated rings. The number of pyridine rings is 3. The molecule has 4 unspecified atom stereocenters. The van der Waals surface area contributed by atoms with Crippen LogP contribution in [0.5, 0.6) is 5.75 Å². The van der Waals surface area contributed by atoms with Crippen molar-refractivity contribution in [2.24, 2.45) is 10.9 Å². The summed E-state index contributed by atoms with van der Waals surface area (Å²) in [6.07, 6.45) is 14.7. The normalized spacial score (nSPS) is 15.6. The highest BCUT2D eigenvalue weighted by Crippen LogP contribution is 2.43. The maximum absolute atomic E-state index is 15.0. The highest BCUT2D eigenvalue weighted by Gasteiger charge is 2.43. The van der Waals surface area contributed by atoms with E-state index in [4.69, 9.17) is 24.8 Å². The van der Waals surface area contributed by atoms with Gasteiger partial charge < -0.3 is 30.6 Å². The number of carbonyl (C=O) groups excluding carboxylic acids is 3. The fourth-order valence-electron chi connectivity index (χ4n) is 13.2. The van der Waals surface area contributed by atoms with Gasteiger partial charge in [-0.1, -0.05) is 111 Å². The zero-order valence-electron chi connectivity index (χ0n) is 55.6. The molecule has 2 aliphatic carbocycles. The summed E-state index contributed by atoms with van der Waals surface area (Å²) in [5.41, 5.74) is 15.2. The van der Waals surface area contributed by atoms with Crippen molar-refractivity contribution in [3.63, 3.8) is 0 Å². The molecule has 3 aliphatic rings. The van der Waals surface area contributed by atoms with Gasteiger partial charge in [-0.3, -0.25) is 23.7 Å². The second-order valence-corrected chi connectivity index (χ2v) is 25.9. The van der Waals surface area contributed by atoms with Crippen LogP contribution < -0.4 is 41.3 Å². The zero-order chi connectivity index (χ0) is 68.0. The number of fused-ring (bicyclic) bond motifs is 3. The van der Waals surface area contributed by atoms with Gasteiger partial charge in [0.2, 0.25) is 5.95 Å². The molecule has 2 saturated carbocycles. The second-order valence-electron chi connectivity index (χ2n) is 25.9. The van der Waals surface area contributed by atoms with Crippen LogP contribution in [0, 0.1) is 5.92 Å². The number of carbonyl (C=O) groups is 3. The van der Waals surface area contributed by atoms with Gasteiger partial charge in [-0.15, -0.1) is 5.10 Å². The Morgan fingerprint density at radius 3 is 2.05 bits per heavy atom. The van der Waals surface area contributed by atoms with Crippen molar-refractivity contribution in [3.8, 4) is 39.1 Å². The van der Waals surface area contributed by atoms with Gasteiger partial charge in [-0.05, 0) is 166 Å². The predicted octanol–water partition coefficient (Wildman–Crippen LogP) is 12.2. The van der Waals surface area contributed by atoms with Crippen molar-refractivity contribution in [1.82, 2.24) is 58.9 Å². The minimum absolute atomic E-state index is 0.0661. The van der Waals surface area contributed by atoms with Gasteiger partial charge in [0, 0.05) is 95.5 Å². The van der Waals surface area contributed by atoms with Crippen LogP contribution in [0.2, 0.25) is 0 Å². The molecule has 22 heteroatoms. The van der Waals surface area contributed by atoms with E-state index in [0.29, 0.717) is 72.0 Å². The summed E-state index contributed by atoms with van der Waals surface area (Å²) in [6.45, 7) is 6.17. The zero-order valence-corrected chi connectivity index (χ0v) is 55.6. The first-order chi connectivity index (χ1) is 48.9. The molecular formula is C78H73N18O4+. The summed E-state index contributed by atoms with van der Waals surface area (Å²) < 4.78 is 13.0. The fourth-order valence-corrected chi connectivity index (χ4v) is 13.2. The van der Waals surface area contributed by atoms with Crippen LogP contribution >= 0.6 is 0 Å². The van der Waals surface area contributed by atoms with Gasteiger partial charge in [0.25, 0.3) is 23.4 Å². The third-order valence-corrected chi connectivity index (χ3v) is 19.1. The lowest BCUT2D eigenvalue weighted by Gasteiger charge is -2.21. The molecule has 16 rings (SSSR count). The van der Waals surface area contributed by atoms with E-state index < -0.39 is 0 Å². The summed E-state index contributed by atoms with van der Waals surface area (Å²) >= 11 is 0. The first-order valence-electron chi connectivity index (χ1n) is 33.8. The maximum atomic E-state index is 15.0. The van der Waals surface area contributed by atoms with Gasteiger partial charge in [0.05, 0.1) is 49.7 Å². The number of nitrogens with one attached hydrogen (secondary N) is 5. The quantitative estimate of drug-likeness (QED) is 0.0377. The molecular weight excluding hydrogens is 1250 g/mol. The monoisotopic (exact) mass is 1330 g/mol. The Hall–Kier alpha value is -12.5. The van der Waals surface area contributed by atoms with Gasteiger partial charge in [0.15, 0.2) is 5.65 Å². The molecule has 8 heterocycles. The Bertz CT molecular complexity index is 5270. The topological polar surface area (TPSA) is 230 Å². The van der Waals surface area contributed by atoms with E-state index in [1.54, 1.807) is 25.1 Å². The lowest BCUT2D eigenvalue weighted by molar-refractivity contribution is -0.731. The molecule has 3 amide bonds. The van der Waals surface area contributed by atoms with Crippen LogP contribution in [-0.2, 0) is 19.6 Å². The molecule has 4 atom stereocenters. The number of hydrogen-bond donors (Lipinski definition) is 5. The highest BCUT2D eigenvalue weighted by atomic mass is 16.5. The standard InChI is InChI=1S/C78H72N18O4/c1-5-49(2)70(82-59-42-80-91(47-59)44-50-14-8-6-9-15-50)86-71-63(18-12-38-79-71)52-20-24-55(25-21-52)74(97)85-68-41-67(68)69-37-36-65(73-87-77(89-95(69)73)83-60-43-81-92(48-60)45-51-16-10-7-11-17-51)53-22-26-56(27-23-53)75(98)90(3)96-78(84-58-30-35-66-57(40-58)46-93(76(66)99)61-31-32-61)88-72-64(19-13-39-94(72)96)54-28-33-62(100-4)34-29-54/h6-30,33-40,42-43,47-49,61,67-68,70,82H,5,31-32,41,44-46H2,1-4H3,(H3,79,83,85,86,89,97)/p+1. The third kappa shape index (κ3) is 12.7. The number of hydrogen-bond acceptors (Lipinski definition) is 13. The van der Waals surface area contributed by atoms with E-state index in [-0.39, 0.29) is 41.8 Å². The molecule has 498 valence electrons. The molecule has 0 spiro atoms. The van der Waals surface area contributed by atoms with Crippen molar-refractivity contribution >= 4 is 58.0 Å². The Morgan fingerprint density at radius 2 is 1.35 bits per heavy atom. The number of ether oxygens (including phenoxy) is 1. The molecule has 13 aromatic rings. The van der Waals surface area contributed by atoms with Crippen molar-refractivity contribution in [3.05, 3.63) is 270 Å². The van der Waals surface area contributed by atoms with Gasteiger partial charge >= 0.3 is 5.95 Å². The number of aromatic nitrogens is 11. The van der Waals surface area contributed by atoms with Gasteiger partial charge in [0.1, 0.15) is 17.4 Å². The number of nitrogens with zero attached hydrogens (tertiary/aromatic N) is 13. The van der Waals surface area contributed by atoms with Crippen LogP contribution in [0.15, 0.2) is 230 Å². The van der Waals surface area contributed by atoms with E-state index in [9.17, 15) is 9.59 Å². The van der Waals surface area contributed by atoms with Crippen molar-refractivity contribution in [1.29, 1.82) is 0 Å². The number of benzene rings is 6. The predicted molar refractivity (Wildman–Crippen MR) is 383 cm³/mol. The molecule has 7 aromatic heterocycles. The highest BCUT2D eigenvalue weighted by molar-refractivity contribution is 6.01. The second kappa shape index (κ2) is 26.5.